The lowest BCUT2D eigenvalue weighted by atomic mass is 10.0. The van der Waals surface area contributed by atoms with Crippen molar-refractivity contribution in [2.45, 2.75) is 44.9 Å². The van der Waals surface area contributed by atoms with Crippen LogP contribution in [-0.4, -0.2) is 64.6 Å². The fourth-order valence-corrected chi connectivity index (χ4v) is 5.18. The van der Waals surface area contributed by atoms with E-state index in [4.69, 9.17) is 9.47 Å². The summed E-state index contributed by atoms with van der Waals surface area (Å²) in [6, 6.07) is 22.1. The van der Waals surface area contributed by atoms with E-state index < -0.39 is 6.04 Å². The third kappa shape index (κ3) is 6.31. The quantitative estimate of drug-likeness (QED) is 0.310. The number of methoxy groups -OCH3 is 1. The number of nitrogens with one attached hydrogen (secondary N) is 1. The Morgan fingerprint density at radius 2 is 1.95 bits per heavy atom. The molecule has 0 unspecified atom stereocenters. The highest BCUT2D eigenvalue weighted by atomic mass is 16.5. The van der Waals surface area contributed by atoms with E-state index in [0.717, 1.165) is 29.5 Å². The van der Waals surface area contributed by atoms with E-state index >= 15 is 0 Å². The molecule has 5 rings (SSSR count). The van der Waals surface area contributed by atoms with E-state index in [1.165, 1.54) is 0 Å². The van der Waals surface area contributed by atoms with Gasteiger partial charge in [0.05, 0.1) is 18.7 Å². The molecule has 1 fully saturated rings. The van der Waals surface area contributed by atoms with Gasteiger partial charge in [0.1, 0.15) is 23.9 Å². The lowest BCUT2D eigenvalue weighted by Gasteiger charge is -2.32. The van der Waals surface area contributed by atoms with Crippen LogP contribution in [0.4, 0.5) is 0 Å². The number of hydrogen-bond donors (Lipinski definition) is 1. The monoisotopic (exact) mass is 541 g/mol. The molecule has 1 aromatic heterocycles. The van der Waals surface area contributed by atoms with Gasteiger partial charge in [-0.25, -0.2) is 4.68 Å². The Morgan fingerprint density at radius 1 is 1.12 bits per heavy atom. The molecular weight excluding hydrogens is 506 g/mol. The third-order valence-electron chi connectivity index (χ3n) is 7.41. The number of aryl methyl sites for hydroxylation is 1. The molecule has 1 saturated heterocycles. The van der Waals surface area contributed by atoms with Crippen molar-refractivity contribution in [1.82, 2.24) is 25.2 Å². The number of rotatable bonds is 11. The minimum Gasteiger partial charge on any atom is -0.497 e. The zero-order valence-electron chi connectivity index (χ0n) is 23.0. The number of ether oxygens (including phenoxy) is 2. The topological polar surface area (TPSA) is 98.6 Å². The van der Waals surface area contributed by atoms with Gasteiger partial charge >= 0.3 is 0 Å². The van der Waals surface area contributed by atoms with Crippen molar-refractivity contribution in [3.8, 4) is 5.75 Å². The van der Waals surface area contributed by atoms with E-state index in [2.05, 4.69) is 34.7 Å². The summed E-state index contributed by atoms with van der Waals surface area (Å²) in [5.41, 5.74) is 4.40. The van der Waals surface area contributed by atoms with E-state index in [-0.39, 0.29) is 24.5 Å². The second-order valence-corrected chi connectivity index (χ2v) is 10.1. The Hall–Kier alpha value is -4.24. The van der Waals surface area contributed by atoms with Gasteiger partial charge in [-0.1, -0.05) is 53.7 Å². The molecule has 2 atom stereocenters. The molecule has 0 radical (unpaired) electrons. The highest BCUT2D eigenvalue weighted by Gasteiger charge is 2.33. The Kier molecular flexibility index (Phi) is 8.71. The van der Waals surface area contributed by atoms with Gasteiger partial charge in [0.15, 0.2) is 0 Å². The maximum atomic E-state index is 14.1. The zero-order chi connectivity index (χ0) is 27.9. The summed E-state index contributed by atoms with van der Waals surface area (Å²) < 4.78 is 12.8. The van der Waals surface area contributed by atoms with Gasteiger partial charge in [-0.05, 0) is 67.1 Å². The Labute approximate surface area is 234 Å². The summed E-state index contributed by atoms with van der Waals surface area (Å²) in [6.07, 6.45) is 2.45. The van der Waals surface area contributed by atoms with E-state index in [1.54, 1.807) is 16.7 Å². The summed E-state index contributed by atoms with van der Waals surface area (Å²) in [4.78, 5) is 29.7. The maximum absolute atomic E-state index is 14.1. The van der Waals surface area contributed by atoms with Crippen LogP contribution in [0.3, 0.4) is 0 Å². The maximum Gasteiger partial charge on any atom is 0.247 e. The lowest BCUT2D eigenvalue weighted by Crippen LogP contribution is -2.47. The van der Waals surface area contributed by atoms with Crippen molar-refractivity contribution in [3.63, 3.8) is 0 Å². The summed E-state index contributed by atoms with van der Waals surface area (Å²) in [7, 11) is 1.59. The van der Waals surface area contributed by atoms with Crippen molar-refractivity contribution in [2.24, 2.45) is 0 Å². The molecule has 0 bridgehead atoms. The predicted molar refractivity (Wildman–Crippen MR) is 152 cm³/mol. The average molecular weight is 542 g/mol. The van der Waals surface area contributed by atoms with Gasteiger partial charge in [0, 0.05) is 19.7 Å². The van der Waals surface area contributed by atoms with Gasteiger partial charge in [0.2, 0.25) is 11.8 Å². The summed E-state index contributed by atoms with van der Waals surface area (Å²) in [5, 5.41) is 11.5. The molecule has 40 heavy (non-hydrogen) atoms. The number of aromatic nitrogens is 3. The van der Waals surface area contributed by atoms with E-state index in [9.17, 15) is 9.59 Å². The first-order valence-electron chi connectivity index (χ1n) is 13.7. The number of fused-ring (bicyclic) bond motifs is 1. The molecular formula is C31H35N5O4. The van der Waals surface area contributed by atoms with Crippen molar-refractivity contribution in [1.29, 1.82) is 0 Å². The van der Waals surface area contributed by atoms with Gasteiger partial charge in [0.25, 0.3) is 0 Å². The third-order valence-corrected chi connectivity index (χ3v) is 7.41. The molecule has 2 heterocycles. The molecule has 0 saturated carbocycles. The molecule has 2 amide bonds. The highest BCUT2D eigenvalue weighted by molar-refractivity contribution is 5.89. The Balaban J connectivity index is 1.49. The van der Waals surface area contributed by atoms with Crippen molar-refractivity contribution < 1.29 is 19.1 Å². The minimum absolute atomic E-state index is 0.0208. The summed E-state index contributed by atoms with van der Waals surface area (Å²) in [5.74, 6) is 0.123. The molecule has 0 spiro atoms. The van der Waals surface area contributed by atoms with E-state index in [1.807, 2.05) is 60.7 Å². The van der Waals surface area contributed by atoms with Crippen LogP contribution in [0.1, 0.15) is 35.6 Å². The molecule has 1 aliphatic rings. The minimum atomic E-state index is -0.872. The van der Waals surface area contributed by atoms with Crippen molar-refractivity contribution in [3.05, 3.63) is 89.5 Å². The SMILES string of the molecule is COc1cccc([C@@H](C(=O)NC[C@H]2CCCO2)N(CCc2ccccc2C)C(=O)Cn2nnc3ccccc32)c1. The predicted octanol–water partition coefficient (Wildman–Crippen LogP) is 3.86. The molecule has 1 aliphatic heterocycles. The van der Waals surface area contributed by atoms with Gasteiger partial charge < -0.3 is 19.7 Å². The molecule has 0 aliphatic carbocycles. The second kappa shape index (κ2) is 12.7. The number of carbonyl (C=O) groups is 2. The van der Waals surface area contributed by atoms with Crippen LogP contribution < -0.4 is 10.1 Å². The van der Waals surface area contributed by atoms with Crippen LogP contribution in [0.15, 0.2) is 72.8 Å². The smallest absolute Gasteiger partial charge is 0.247 e. The van der Waals surface area contributed by atoms with Crippen LogP contribution in [0.2, 0.25) is 0 Å². The van der Waals surface area contributed by atoms with Crippen LogP contribution in [0.25, 0.3) is 11.0 Å². The van der Waals surface area contributed by atoms with Gasteiger partial charge in [-0.15, -0.1) is 5.10 Å². The van der Waals surface area contributed by atoms with Crippen LogP contribution in [0.5, 0.6) is 5.75 Å². The number of hydrogen-bond acceptors (Lipinski definition) is 6. The molecule has 4 aromatic rings. The van der Waals surface area contributed by atoms with E-state index in [0.29, 0.717) is 42.9 Å². The number of nitrogens with zero attached hydrogens (tertiary/aromatic N) is 4. The average Bonchev–Trinajstić information content (AvgIpc) is 3.65. The first-order chi connectivity index (χ1) is 19.5. The fraction of sp³-hybridized carbons (Fsp3) is 0.355. The van der Waals surface area contributed by atoms with Crippen LogP contribution in [-0.2, 0) is 27.3 Å². The molecule has 3 aromatic carbocycles. The molecule has 208 valence electrons. The fourth-order valence-electron chi connectivity index (χ4n) is 5.18. The molecule has 9 nitrogen and oxygen atoms in total. The van der Waals surface area contributed by atoms with Gasteiger partial charge in [-0.3, -0.25) is 9.59 Å². The van der Waals surface area contributed by atoms with Crippen LogP contribution in [0, 0.1) is 6.92 Å². The number of amides is 2. The van der Waals surface area contributed by atoms with Crippen molar-refractivity contribution in [2.75, 3.05) is 26.8 Å². The first kappa shape index (κ1) is 27.3. The summed E-state index contributed by atoms with van der Waals surface area (Å²) >= 11 is 0. The second-order valence-electron chi connectivity index (χ2n) is 10.1. The number of benzene rings is 3. The Morgan fingerprint density at radius 3 is 2.75 bits per heavy atom. The van der Waals surface area contributed by atoms with Crippen LogP contribution >= 0.6 is 0 Å². The molecule has 1 N–H and O–H groups in total. The molecule has 9 heteroatoms. The highest BCUT2D eigenvalue weighted by Crippen LogP contribution is 2.27. The normalized spacial score (nSPS) is 15.6. The number of carbonyl (C=O) groups excluding carboxylic acids is 2. The van der Waals surface area contributed by atoms with Gasteiger partial charge in [-0.2, -0.15) is 0 Å². The summed E-state index contributed by atoms with van der Waals surface area (Å²) in [6.45, 7) is 3.44. The van der Waals surface area contributed by atoms with Crippen molar-refractivity contribution >= 4 is 22.8 Å². The Bertz CT molecular complexity index is 1460. The number of para-hydroxylation sites is 1. The largest absolute Gasteiger partial charge is 0.497 e. The first-order valence-corrected chi connectivity index (χ1v) is 13.7. The lowest BCUT2D eigenvalue weighted by molar-refractivity contribution is -0.141. The zero-order valence-corrected chi connectivity index (χ0v) is 23.0. The standard InChI is InChI=1S/C31H35N5O4/c1-22-9-3-4-10-23(22)16-17-35(29(37)21-36-28-15-6-5-14-27(28)33-34-36)30(24-11-7-12-25(19-24)39-2)31(38)32-20-26-13-8-18-40-26/h3-7,9-12,14-15,19,26,30H,8,13,16-18,20-21H2,1-2H3,(H,32,38)/t26-,30+/m1/s1.